The zero-order valence-corrected chi connectivity index (χ0v) is 8.46. The minimum Gasteiger partial charge on any atom is -0.380 e. The van der Waals surface area contributed by atoms with Crippen LogP contribution in [0.15, 0.2) is 12.7 Å². The van der Waals surface area contributed by atoms with Crippen molar-refractivity contribution in [2.75, 3.05) is 39.8 Å². The molecule has 1 heterocycles. The second-order valence-electron chi connectivity index (χ2n) is 3.44. The fraction of sp³-hybridized carbons (Fsp3) is 0.800. The molecule has 1 atom stereocenters. The van der Waals surface area contributed by atoms with Crippen LogP contribution in [0.4, 0.5) is 0 Å². The van der Waals surface area contributed by atoms with Crippen molar-refractivity contribution in [1.82, 2.24) is 10.2 Å². The van der Waals surface area contributed by atoms with Gasteiger partial charge in [-0.2, -0.15) is 0 Å². The fourth-order valence-electron chi connectivity index (χ4n) is 1.63. The molecule has 0 bridgehead atoms. The van der Waals surface area contributed by atoms with Crippen molar-refractivity contribution >= 4 is 0 Å². The largest absolute Gasteiger partial charge is 0.380 e. The number of nitrogens with zero attached hydrogens (tertiary/aromatic N) is 1. The van der Waals surface area contributed by atoms with E-state index in [0.29, 0.717) is 6.10 Å². The molecule has 1 N–H and O–H groups in total. The summed E-state index contributed by atoms with van der Waals surface area (Å²) < 4.78 is 5.29. The van der Waals surface area contributed by atoms with Gasteiger partial charge in [0, 0.05) is 39.8 Å². The molecule has 1 fully saturated rings. The average molecular weight is 184 g/mol. The first-order valence-electron chi connectivity index (χ1n) is 4.93. The van der Waals surface area contributed by atoms with Crippen LogP contribution in [0, 0.1) is 0 Å². The van der Waals surface area contributed by atoms with Gasteiger partial charge in [0.05, 0.1) is 6.10 Å². The van der Waals surface area contributed by atoms with Gasteiger partial charge < -0.3 is 10.1 Å². The molecule has 1 aliphatic rings. The molecular weight excluding hydrogens is 164 g/mol. The first kappa shape index (κ1) is 10.7. The number of likely N-dealkylation sites (tertiary alicyclic amines) is 1. The zero-order chi connectivity index (χ0) is 9.52. The second kappa shape index (κ2) is 6.13. The van der Waals surface area contributed by atoms with Crippen molar-refractivity contribution in [2.24, 2.45) is 0 Å². The van der Waals surface area contributed by atoms with Crippen molar-refractivity contribution in [1.29, 1.82) is 0 Å². The summed E-state index contributed by atoms with van der Waals surface area (Å²) in [4.78, 5) is 2.43. The summed E-state index contributed by atoms with van der Waals surface area (Å²) in [7, 11) is 1.80. The van der Waals surface area contributed by atoms with Crippen molar-refractivity contribution < 1.29 is 4.74 Å². The van der Waals surface area contributed by atoms with E-state index in [1.807, 2.05) is 6.08 Å². The lowest BCUT2D eigenvalue weighted by atomic mass is 10.3. The quantitative estimate of drug-likeness (QED) is 0.480. The molecule has 0 aromatic heterocycles. The Balaban J connectivity index is 2.00. The molecule has 1 unspecified atom stereocenters. The maximum absolute atomic E-state index is 5.29. The lowest BCUT2D eigenvalue weighted by Gasteiger charge is -2.15. The third kappa shape index (κ3) is 3.89. The Morgan fingerprint density at radius 1 is 1.69 bits per heavy atom. The Kier molecular flexibility index (Phi) is 5.05. The van der Waals surface area contributed by atoms with Gasteiger partial charge >= 0.3 is 0 Å². The molecule has 76 valence electrons. The molecule has 1 rings (SSSR count). The number of methoxy groups -OCH3 is 1. The first-order chi connectivity index (χ1) is 6.36. The van der Waals surface area contributed by atoms with Crippen molar-refractivity contribution in [3.8, 4) is 0 Å². The van der Waals surface area contributed by atoms with E-state index in [1.165, 1.54) is 13.0 Å². The van der Waals surface area contributed by atoms with Gasteiger partial charge in [-0.1, -0.05) is 6.08 Å². The van der Waals surface area contributed by atoms with E-state index >= 15 is 0 Å². The summed E-state index contributed by atoms with van der Waals surface area (Å²) in [5.41, 5.74) is 0. The minimum absolute atomic E-state index is 0.458. The van der Waals surface area contributed by atoms with Gasteiger partial charge in [-0.25, -0.2) is 0 Å². The van der Waals surface area contributed by atoms with Crippen LogP contribution in [0.5, 0.6) is 0 Å². The van der Waals surface area contributed by atoms with E-state index in [2.05, 4.69) is 16.8 Å². The summed E-state index contributed by atoms with van der Waals surface area (Å²) in [5, 5.41) is 3.29. The summed E-state index contributed by atoms with van der Waals surface area (Å²) in [6.07, 6.45) is 3.53. The van der Waals surface area contributed by atoms with Crippen molar-refractivity contribution in [3.05, 3.63) is 12.7 Å². The zero-order valence-electron chi connectivity index (χ0n) is 8.46. The van der Waals surface area contributed by atoms with Gasteiger partial charge in [0.1, 0.15) is 0 Å². The summed E-state index contributed by atoms with van der Waals surface area (Å²) >= 11 is 0. The Bertz CT molecular complexity index is 150. The van der Waals surface area contributed by atoms with Gasteiger partial charge in [0.15, 0.2) is 0 Å². The molecule has 1 saturated heterocycles. The van der Waals surface area contributed by atoms with E-state index in [1.54, 1.807) is 7.11 Å². The summed E-state index contributed by atoms with van der Waals surface area (Å²) in [5.74, 6) is 0. The normalized spacial score (nSPS) is 23.6. The highest BCUT2D eigenvalue weighted by Crippen LogP contribution is 2.10. The maximum Gasteiger partial charge on any atom is 0.0710 e. The molecule has 0 aromatic rings. The van der Waals surface area contributed by atoms with Crippen LogP contribution in [0.3, 0.4) is 0 Å². The van der Waals surface area contributed by atoms with Crippen LogP contribution in [0.2, 0.25) is 0 Å². The molecule has 3 nitrogen and oxygen atoms in total. The monoisotopic (exact) mass is 184 g/mol. The van der Waals surface area contributed by atoms with Gasteiger partial charge in [-0.3, -0.25) is 4.90 Å². The van der Waals surface area contributed by atoms with E-state index < -0.39 is 0 Å². The van der Waals surface area contributed by atoms with E-state index in [4.69, 9.17) is 4.74 Å². The van der Waals surface area contributed by atoms with Gasteiger partial charge in [-0.05, 0) is 6.42 Å². The number of rotatable bonds is 6. The standard InChI is InChI=1S/C10H20N2O/c1-3-5-11-6-8-12-7-4-10(9-12)13-2/h3,10-11H,1,4-9H2,2H3. The van der Waals surface area contributed by atoms with Gasteiger partial charge in [-0.15, -0.1) is 6.58 Å². The minimum atomic E-state index is 0.458. The van der Waals surface area contributed by atoms with Gasteiger partial charge in [0.25, 0.3) is 0 Å². The molecule has 0 aromatic carbocycles. The topological polar surface area (TPSA) is 24.5 Å². The molecule has 0 aliphatic carbocycles. The number of hydrogen-bond acceptors (Lipinski definition) is 3. The Labute approximate surface area is 80.8 Å². The highest BCUT2D eigenvalue weighted by atomic mass is 16.5. The Morgan fingerprint density at radius 3 is 3.15 bits per heavy atom. The van der Waals surface area contributed by atoms with E-state index in [9.17, 15) is 0 Å². The van der Waals surface area contributed by atoms with Gasteiger partial charge in [0.2, 0.25) is 0 Å². The number of ether oxygens (including phenoxy) is 1. The lowest BCUT2D eigenvalue weighted by Crippen LogP contribution is -2.31. The van der Waals surface area contributed by atoms with Crippen LogP contribution in [-0.2, 0) is 4.74 Å². The Morgan fingerprint density at radius 2 is 2.54 bits per heavy atom. The predicted molar refractivity (Wildman–Crippen MR) is 54.9 cm³/mol. The average Bonchev–Trinajstić information content (AvgIpc) is 2.60. The highest BCUT2D eigenvalue weighted by molar-refractivity contribution is 4.77. The molecule has 0 saturated carbocycles. The van der Waals surface area contributed by atoms with Crippen LogP contribution in [-0.4, -0.2) is 50.8 Å². The van der Waals surface area contributed by atoms with Crippen LogP contribution >= 0.6 is 0 Å². The second-order valence-corrected chi connectivity index (χ2v) is 3.44. The molecule has 0 spiro atoms. The first-order valence-corrected chi connectivity index (χ1v) is 4.93. The molecular formula is C10H20N2O. The molecule has 0 amide bonds. The summed E-state index contributed by atoms with van der Waals surface area (Å²) in [6.45, 7) is 8.99. The SMILES string of the molecule is C=CCNCCN1CCC(OC)C1. The smallest absolute Gasteiger partial charge is 0.0710 e. The van der Waals surface area contributed by atoms with Crippen molar-refractivity contribution in [2.45, 2.75) is 12.5 Å². The van der Waals surface area contributed by atoms with E-state index in [0.717, 1.165) is 26.2 Å². The predicted octanol–water partition coefficient (Wildman–Crippen LogP) is 0.483. The number of hydrogen-bond donors (Lipinski definition) is 1. The maximum atomic E-state index is 5.29. The third-order valence-electron chi connectivity index (χ3n) is 2.46. The lowest BCUT2D eigenvalue weighted by molar-refractivity contribution is 0.108. The molecule has 3 heteroatoms. The van der Waals surface area contributed by atoms with Crippen LogP contribution in [0.1, 0.15) is 6.42 Å². The van der Waals surface area contributed by atoms with E-state index in [-0.39, 0.29) is 0 Å². The molecule has 13 heavy (non-hydrogen) atoms. The highest BCUT2D eigenvalue weighted by Gasteiger charge is 2.20. The third-order valence-corrected chi connectivity index (χ3v) is 2.46. The summed E-state index contributed by atoms with van der Waals surface area (Å²) in [6, 6.07) is 0. The fourth-order valence-corrected chi connectivity index (χ4v) is 1.63. The number of nitrogens with one attached hydrogen (secondary N) is 1. The molecule has 1 aliphatic heterocycles. The Hall–Kier alpha value is -0.380. The van der Waals surface area contributed by atoms with Crippen LogP contribution in [0.25, 0.3) is 0 Å². The van der Waals surface area contributed by atoms with Crippen molar-refractivity contribution in [3.63, 3.8) is 0 Å². The van der Waals surface area contributed by atoms with Crippen LogP contribution < -0.4 is 5.32 Å². The molecule has 0 radical (unpaired) electrons.